The number of amides is 1. The summed E-state index contributed by atoms with van der Waals surface area (Å²) in [6.07, 6.45) is -0.557. The van der Waals surface area contributed by atoms with Crippen LogP contribution < -0.4 is 4.90 Å². The molecule has 1 atom stereocenters. The van der Waals surface area contributed by atoms with Crippen LogP contribution in [0.3, 0.4) is 0 Å². The quantitative estimate of drug-likeness (QED) is 0.780. The highest BCUT2D eigenvalue weighted by atomic mass is 79.9. The summed E-state index contributed by atoms with van der Waals surface area (Å²) in [5.74, 6) is -0.797. The van der Waals surface area contributed by atoms with Gasteiger partial charge >= 0.3 is 0 Å². The molecule has 1 aliphatic rings. The summed E-state index contributed by atoms with van der Waals surface area (Å²) < 4.78 is 13.0. The number of halogens is 2. The number of β-amino-alcohol motifs (C(OH)–C–C–N with tert-alkyl or cyclic N) is 1. The minimum Gasteiger partial charge on any atom is -0.391 e. The molecule has 4 nitrogen and oxygen atoms in total. The van der Waals surface area contributed by atoms with Crippen LogP contribution in [0.25, 0.3) is 0 Å². The summed E-state index contributed by atoms with van der Waals surface area (Å²) in [5.41, 5.74) is 0.484. The minimum atomic E-state index is -0.658. The number of nitrogens with zero attached hydrogens (tertiary/aromatic N) is 2. The average molecular weight is 275 g/mol. The second-order valence-corrected chi connectivity index (χ2v) is 4.06. The Bertz CT molecular complexity index is 413. The first-order valence-electron chi connectivity index (χ1n) is 4.38. The van der Waals surface area contributed by atoms with Crippen LogP contribution in [0, 0.1) is 5.95 Å². The molecule has 1 N–H and O–H groups in total. The van der Waals surface area contributed by atoms with Crippen molar-refractivity contribution in [2.24, 2.45) is 0 Å². The number of rotatable bonds is 1. The molecule has 1 aromatic rings. The fourth-order valence-electron chi connectivity index (χ4n) is 1.53. The number of hydrogen-bond donors (Lipinski definition) is 1. The number of aromatic nitrogens is 1. The number of aliphatic hydroxyl groups is 1. The second kappa shape index (κ2) is 3.86. The number of aliphatic hydroxyl groups excluding tert-OH is 1. The Morgan fingerprint density at radius 3 is 2.87 bits per heavy atom. The first-order chi connectivity index (χ1) is 7.08. The van der Waals surface area contributed by atoms with Gasteiger partial charge in [0.1, 0.15) is 4.60 Å². The first-order valence-corrected chi connectivity index (χ1v) is 5.17. The molecular weight excluding hydrogens is 267 g/mol. The summed E-state index contributed by atoms with van der Waals surface area (Å²) >= 11 is 3.08. The first kappa shape index (κ1) is 10.5. The topological polar surface area (TPSA) is 53.4 Å². The van der Waals surface area contributed by atoms with E-state index in [0.717, 1.165) is 0 Å². The minimum absolute atomic E-state index is 0.101. The van der Waals surface area contributed by atoms with Gasteiger partial charge in [-0.25, -0.2) is 4.98 Å². The number of pyridine rings is 1. The van der Waals surface area contributed by atoms with Crippen LogP contribution in [0.2, 0.25) is 0 Å². The van der Waals surface area contributed by atoms with E-state index >= 15 is 0 Å². The molecule has 0 bridgehead atoms. The van der Waals surface area contributed by atoms with Gasteiger partial charge in [0.25, 0.3) is 0 Å². The summed E-state index contributed by atoms with van der Waals surface area (Å²) in [6.45, 7) is 0.227. The Hall–Kier alpha value is -1.01. The maximum atomic E-state index is 12.7. The maximum Gasteiger partial charge on any atom is 0.229 e. The fourth-order valence-corrected chi connectivity index (χ4v) is 2.04. The molecule has 1 amide bonds. The molecule has 1 unspecified atom stereocenters. The third-order valence-corrected chi connectivity index (χ3v) is 2.77. The van der Waals surface area contributed by atoms with E-state index in [-0.39, 0.29) is 23.5 Å². The monoisotopic (exact) mass is 274 g/mol. The number of carbonyl (C=O) groups excluding carboxylic acids is 1. The van der Waals surface area contributed by atoms with E-state index in [1.54, 1.807) is 0 Å². The van der Waals surface area contributed by atoms with Crippen molar-refractivity contribution in [2.75, 3.05) is 11.4 Å². The predicted octanol–water partition coefficient (Wildman–Crippen LogP) is 1.08. The molecule has 1 aliphatic heterocycles. The molecule has 0 spiro atoms. The van der Waals surface area contributed by atoms with Gasteiger partial charge in [0, 0.05) is 0 Å². The van der Waals surface area contributed by atoms with Gasteiger partial charge in [-0.3, -0.25) is 4.79 Å². The van der Waals surface area contributed by atoms with Gasteiger partial charge in [-0.1, -0.05) is 0 Å². The van der Waals surface area contributed by atoms with E-state index in [9.17, 15) is 14.3 Å². The largest absolute Gasteiger partial charge is 0.391 e. The molecule has 1 fully saturated rings. The molecule has 2 heterocycles. The SMILES string of the molecule is O=C1CC(O)CN1c1ccc(F)nc1Br. The van der Waals surface area contributed by atoms with Crippen LogP contribution in [-0.2, 0) is 4.79 Å². The Morgan fingerprint density at radius 2 is 2.33 bits per heavy atom. The smallest absolute Gasteiger partial charge is 0.229 e. The molecule has 2 rings (SSSR count). The van der Waals surface area contributed by atoms with E-state index in [1.165, 1.54) is 17.0 Å². The number of anilines is 1. The predicted molar refractivity (Wildman–Crippen MR) is 54.9 cm³/mol. The van der Waals surface area contributed by atoms with Crippen LogP contribution in [0.15, 0.2) is 16.7 Å². The highest BCUT2D eigenvalue weighted by molar-refractivity contribution is 9.10. The molecule has 0 saturated carbocycles. The molecule has 15 heavy (non-hydrogen) atoms. The lowest BCUT2D eigenvalue weighted by Gasteiger charge is -2.16. The number of carbonyl (C=O) groups is 1. The molecule has 1 saturated heterocycles. The van der Waals surface area contributed by atoms with Crippen molar-refractivity contribution in [1.82, 2.24) is 4.98 Å². The zero-order valence-electron chi connectivity index (χ0n) is 7.65. The molecule has 1 aromatic heterocycles. The lowest BCUT2D eigenvalue weighted by atomic mass is 10.3. The highest BCUT2D eigenvalue weighted by Gasteiger charge is 2.30. The third-order valence-electron chi connectivity index (χ3n) is 2.19. The Morgan fingerprint density at radius 1 is 1.60 bits per heavy atom. The average Bonchev–Trinajstić information content (AvgIpc) is 2.45. The zero-order valence-corrected chi connectivity index (χ0v) is 9.24. The van der Waals surface area contributed by atoms with Crippen LogP contribution in [-0.4, -0.2) is 28.6 Å². The Balaban J connectivity index is 2.34. The van der Waals surface area contributed by atoms with Crippen molar-refractivity contribution in [3.8, 4) is 0 Å². The third kappa shape index (κ3) is 2.00. The summed E-state index contributed by atoms with van der Waals surface area (Å²) in [5, 5.41) is 9.30. The second-order valence-electron chi connectivity index (χ2n) is 3.31. The van der Waals surface area contributed by atoms with E-state index in [1.807, 2.05) is 0 Å². The normalized spacial score (nSPS) is 21.1. The number of hydrogen-bond acceptors (Lipinski definition) is 3. The molecule has 0 aromatic carbocycles. The summed E-state index contributed by atoms with van der Waals surface area (Å²) in [7, 11) is 0. The van der Waals surface area contributed by atoms with Crippen LogP contribution >= 0.6 is 15.9 Å². The Labute approximate surface area is 93.9 Å². The van der Waals surface area contributed by atoms with E-state index in [4.69, 9.17) is 0 Å². The molecular formula is C9H8BrFN2O2. The van der Waals surface area contributed by atoms with Gasteiger partial charge in [0.05, 0.1) is 24.8 Å². The standard InChI is InChI=1S/C9H8BrFN2O2/c10-9-6(1-2-7(11)12-9)13-4-5(14)3-8(13)15/h1-2,5,14H,3-4H2. The Kier molecular flexibility index (Phi) is 2.70. The molecule has 0 aliphatic carbocycles. The van der Waals surface area contributed by atoms with Crippen molar-refractivity contribution in [2.45, 2.75) is 12.5 Å². The lowest BCUT2D eigenvalue weighted by molar-refractivity contribution is -0.117. The molecule has 6 heteroatoms. The molecule has 0 radical (unpaired) electrons. The van der Waals surface area contributed by atoms with Gasteiger partial charge < -0.3 is 10.0 Å². The fraction of sp³-hybridized carbons (Fsp3) is 0.333. The van der Waals surface area contributed by atoms with Gasteiger partial charge in [-0.05, 0) is 28.1 Å². The van der Waals surface area contributed by atoms with Gasteiger partial charge in [-0.2, -0.15) is 4.39 Å². The van der Waals surface area contributed by atoms with Crippen molar-refractivity contribution in [3.05, 3.63) is 22.7 Å². The lowest BCUT2D eigenvalue weighted by Crippen LogP contribution is -2.25. The van der Waals surface area contributed by atoms with Crippen LogP contribution in [0.4, 0.5) is 10.1 Å². The summed E-state index contributed by atoms with van der Waals surface area (Å²) in [4.78, 5) is 16.4. The van der Waals surface area contributed by atoms with Crippen molar-refractivity contribution in [3.63, 3.8) is 0 Å². The van der Waals surface area contributed by atoms with Gasteiger partial charge in [0.2, 0.25) is 11.9 Å². The van der Waals surface area contributed by atoms with E-state index in [2.05, 4.69) is 20.9 Å². The molecule has 80 valence electrons. The van der Waals surface area contributed by atoms with Crippen LogP contribution in [0.1, 0.15) is 6.42 Å². The zero-order chi connectivity index (χ0) is 11.0. The van der Waals surface area contributed by atoms with Crippen molar-refractivity contribution >= 4 is 27.5 Å². The van der Waals surface area contributed by atoms with Gasteiger partial charge in [0.15, 0.2) is 0 Å². The summed E-state index contributed by atoms with van der Waals surface area (Å²) in [6, 6.07) is 2.64. The van der Waals surface area contributed by atoms with Crippen molar-refractivity contribution < 1.29 is 14.3 Å². The van der Waals surface area contributed by atoms with Crippen LogP contribution in [0.5, 0.6) is 0 Å². The van der Waals surface area contributed by atoms with Crippen molar-refractivity contribution in [1.29, 1.82) is 0 Å². The highest BCUT2D eigenvalue weighted by Crippen LogP contribution is 2.28. The van der Waals surface area contributed by atoms with Gasteiger partial charge in [-0.15, -0.1) is 0 Å². The van der Waals surface area contributed by atoms with E-state index in [0.29, 0.717) is 5.69 Å². The van der Waals surface area contributed by atoms with E-state index < -0.39 is 12.1 Å². The maximum absolute atomic E-state index is 12.7.